The number of rotatable bonds is 4. The summed E-state index contributed by atoms with van der Waals surface area (Å²) >= 11 is 9.10. The zero-order valence-corrected chi connectivity index (χ0v) is 13.8. The quantitative estimate of drug-likeness (QED) is 0.874. The summed E-state index contributed by atoms with van der Waals surface area (Å²) in [5.74, 6) is 0. The molecule has 0 amide bonds. The molecule has 0 aliphatic carbocycles. The molecular formula is C14H13BrClNO2S. The Hall–Kier alpha value is -0.880. The molecular weight excluding hydrogens is 362 g/mol. The normalized spacial score (nSPS) is 13.2. The lowest BCUT2D eigenvalue weighted by Gasteiger charge is -2.14. The molecule has 1 atom stereocenters. The van der Waals surface area contributed by atoms with Crippen molar-refractivity contribution < 1.29 is 8.42 Å². The average Bonchev–Trinajstić information content (AvgIpc) is 2.39. The third-order valence-electron chi connectivity index (χ3n) is 2.83. The van der Waals surface area contributed by atoms with Crippen LogP contribution in [0.15, 0.2) is 57.9 Å². The molecule has 0 radical (unpaired) electrons. The highest BCUT2D eigenvalue weighted by Gasteiger charge is 2.18. The Morgan fingerprint density at radius 3 is 2.15 bits per heavy atom. The van der Waals surface area contributed by atoms with Gasteiger partial charge >= 0.3 is 0 Å². The van der Waals surface area contributed by atoms with Gasteiger partial charge in [0.25, 0.3) is 0 Å². The van der Waals surface area contributed by atoms with Gasteiger partial charge < -0.3 is 0 Å². The minimum Gasteiger partial charge on any atom is -0.207 e. The van der Waals surface area contributed by atoms with Gasteiger partial charge in [-0.15, -0.1) is 0 Å². The van der Waals surface area contributed by atoms with E-state index >= 15 is 0 Å². The summed E-state index contributed by atoms with van der Waals surface area (Å²) in [5, 5.41) is 0.622. The summed E-state index contributed by atoms with van der Waals surface area (Å²) in [6.07, 6.45) is 0. The van der Waals surface area contributed by atoms with Gasteiger partial charge in [0, 0.05) is 15.5 Å². The molecule has 0 saturated heterocycles. The van der Waals surface area contributed by atoms with E-state index < -0.39 is 10.0 Å². The maximum absolute atomic E-state index is 12.2. The second-order valence-electron chi connectivity index (χ2n) is 4.35. The predicted octanol–water partition coefficient (Wildman–Crippen LogP) is 4.14. The predicted molar refractivity (Wildman–Crippen MR) is 84.3 cm³/mol. The van der Waals surface area contributed by atoms with Crippen LogP contribution in [0.5, 0.6) is 0 Å². The zero-order chi connectivity index (χ0) is 14.8. The van der Waals surface area contributed by atoms with Crippen LogP contribution in [0.4, 0.5) is 0 Å². The van der Waals surface area contributed by atoms with E-state index in [2.05, 4.69) is 20.7 Å². The first-order valence-electron chi connectivity index (χ1n) is 5.92. The van der Waals surface area contributed by atoms with Crippen molar-refractivity contribution in [3.63, 3.8) is 0 Å². The molecule has 0 aromatic heterocycles. The van der Waals surface area contributed by atoms with Crippen molar-refractivity contribution in [1.82, 2.24) is 4.72 Å². The first-order chi connectivity index (χ1) is 9.38. The van der Waals surface area contributed by atoms with Crippen LogP contribution >= 0.6 is 27.5 Å². The fraction of sp³-hybridized carbons (Fsp3) is 0.143. The lowest BCUT2D eigenvalue weighted by Crippen LogP contribution is -2.26. The molecule has 0 saturated carbocycles. The van der Waals surface area contributed by atoms with Gasteiger partial charge in [0.05, 0.1) is 4.90 Å². The molecule has 0 heterocycles. The molecule has 106 valence electrons. The van der Waals surface area contributed by atoms with Crippen molar-refractivity contribution in [2.24, 2.45) is 0 Å². The van der Waals surface area contributed by atoms with E-state index in [0.29, 0.717) is 5.02 Å². The number of halogens is 2. The van der Waals surface area contributed by atoms with E-state index in [1.807, 2.05) is 0 Å². The van der Waals surface area contributed by atoms with Crippen LogP contribution < -0.4 is 4.72 Å². The highest BCUT2D eigenvalue weighted by atomic mass is 79.9. The van der Waals surface area contributed by atoms with Crippen LogP contribution in [0.1, 0.15) is 18.5 Å². The Kier molecular flexibility index (Phi) is 4.86. The molecule has 1 N–H and O–H groups in total. The van der Waals surface area contributed by atoms with Crippen LogP contribution in [0.25, 0.3) is 0 Å². The highest BCUT2D eigenvalue weighted by Crippen LogP contribution is 2.20. The van der Waals surface area contributed by atoms with E-state index in [0.717, 1.165) is 10.0 Å². The summed E-state index contributed by atoms with van der Waals surface area (Å²) in [6.45, 7) is 1.79. The van der Waals surface area contributed by atoms with Gasteiger partial charge in [-0.05, 0) is 48.9 Å². The maximum atomic E-state index is 12.2. The molecule has 2 aromatic rings. The summed E-state index contributed by atoms with van der Waals surface area (Å²) in [4.78, 5) is 0.238. The first kappa shape index (κ1) is 15.5. The molecule has 3 nitrogen and oxygen atoms in total. The lowest BCUT2D eigenvalue weighted by molar-refractivity contribution is 0.567. The van der Waals surface area contributed by atoms with Gasteiger partial charge in [-0.2, -0.15) is 0 Å². The molecule has 2 rings (SSSR count). The summed E-state index contributed by atoms with van der Waals surface area (Å²) < 4.78 is 28.0. The van der Waals surface area contributed by atoms with Gasteiger partial charge in [0.15, 0.2) is 0 Å². The fourth-order valence-electron chi connectivity index (χ4n) is 1.73. The number of hydrogen-bond donors (Lipinski definition) is 1. The van der Waals surface area contributed by atoms with Crippen molar-refractivity contribution in [2.45, 2.75) is 17.9 Å². The van der Waals surface area contributed by atoms with Gasteiger partial charge in [-0.25, -0.2) is 13.1 Å². The molecule has 0 aliphatic rings. The third-order valence-corrected chi connectivity index (χ3v) is 5.16. The van der Waals surface area contributed by atoms with E-state index in [4.69, 9.17) is 11.6 Å². The number of hydrogen-bond acceptors (Lipinski definition) is 2. The number of sulfonamides is 1. The van der Waals surface area contributed by atoms with Crippen molar-refractivity contribution >= 4 is 37.6 Å². The molecule has 20 heavy (non-hydrogen) atoms. The van der Waals surface area contributed by atoms with E-state index in [9.17, 15) is 8.42 Å². The smallest absolute Gasteiger partial charge is 0.207 e. The molecule has 0 unspecified atom stereocenters. The minimum absolute atomic E-state index is 0.238. The SMILES string of the molecule is C[C@H](NS(=O)(=O)c1ccc(Br)cc1)c1ccc(Cl)cc1. The van der Waals surface area contributed by atoms with E-state index in [1.54, 1.807) is 55.5 Å². The topological polar surface area (TPSA) is 46.2 Å². The van der Waals surface area contributed by atoms with Crippen LogP contribution in [0.3, 0.4) is 0 Å². The zero-order valence-electron chi connectivity index (χ0n) is 10.7. The van der Waals surface area contributed by atoms with Crippen molar-refractivity contribution in [3.05, 3.63) is 63.6 Å². The number of nitrogens with one attached hydrogen (secondary N) is 1. The summed E-state index contributed by atoms with van der Waals surface area (Å²) in [6, 6.07) is 13.3. The largest absolute Gasteiger partial charge is 0.241 e. The van der Waals surface area contributed by atoms with E-state index in [1.165, 1.54) is 0 Å². The second-order valence-corrected chi connectivity index (χ2v) is 7.41. The first-order valence-corrected chi connectivity index (χ1v) is 8.57. The molecule has 0 aliphatic heterocycles. The number of benzene rings is 2. The highest BCUT2D eigenvalue weighted by molar-refractivity contribution is 9.10. The van der Waals surface area contributed by atoms with Crippen molar-refractivity contribution in [3.8, 4) is 0 Å². The standard InChI is InChI=1S/C14H13BrClNO2S/c1-10(11-2-6-13(16)7-3-11)17-20(18,19)14-8-4-12(15)5-9-14/h2-10,17H,1H3/t10-/m0/s1. The van der Waals surface area contributed by atoms with Gasteiger partial charge in [-0.3, -0.25) is 0 Å². The molecule has 0 bridgehead atoms. The Labute approximate surface area is 132 Å². The minimum atomic E-state index is -3.54. The second kappa shape index (κ2) is 6.26. The van der Waals surface area contributed by atoms with Gasteiger partial charge in [-0.1, -0.05) is 39.7 Å². The Morgan fingerprint density at radius 1 is 1.05 bits per heavy atom. The Balaban J connectivity index is 2.19. The maximum Gasteiger partial charge on any atom is 0.241 e. The summed E-state index contributed by atoms with van der Waals surface area (Å²) in [7, 11) is -3.54. The monoisotopic (exact) mass is 373 g/mol. The molecule has 0 fully saturated rings. The van der Waals surface area contributed by atoms with Crippen molar-refractivity contribution in [2.75, 3.05) is 0 Å². The van der Waals surface area contributed by atoms with Crippen LogP contribution in [-0.4, -0.2) is 8.42 Å². The molecule has 6 heteroatoms. The molecule has 2 aromatic carbocycles. The van der Waals surface area contributed by atoms with Crippen LogP contribution in [-0.2, 0) is 10.0 Å². The summed E-state index contributed by atoms with van der Waals surface area (Å²) in [5.41, 5.74) is 0.857. The Morgan fingerprint density at radius 2 is 1.60 bits per heavy atom. The Bertz CT molecular complexity index is 684. The molecule has 0 spiro atoms. The third kappa shape index (κ3) is 3.82. The average molecular weight is 375 g/mol. The van der Waals surface area contributed by atoms with Crippen LogP contribution in [0.2, 0.25) is 5.02 Å². The van der Waals surface area contributed by atoms with Gasteiger partial charge in [0.1, 0.15) is 0 Å². The van der Waals surface area contributed by atoms with Crippen molar-refractivity contribution in [1.29, 1.82) is 0 Å². The van der Waals surface area contributed by atoms with E-state index in [-0.39, 0.29) is 10.9 Å². The fourth-order valence-corrected chi connectivity index (χ4v) is 3.36. The van der Waals surface area contributed by atoms with Gasteiger partial charge in [0.2, 0.25) is 10.0 Å². The van der Waals surface area contributed by atoms with Crippen LogP contribution in [0, 0.1) is 0 Å². The lowest BCUT2D eigenvalue weighted by atomic mass is 10.1.